The maximum Gasteiger partial charge on any atom is 0.244 e. The summed E-state index contributed by atoms with van der Waals surface area (Å²) in [6.07, 6.45) is 3.88. The van der Waals surface area contributed by atoms with Crippen LogP contribution in [-0.4, -0.2) is 24.7 Å². The van der Waals surface area contributed by atoms with Gasteiger partial charge in [0.1, 0.15) is 10.7 Å². The number of aromatic nitrogens is 2. The van der Waals surface area contributed by atoms with Crippen molar-refractivity contribution in [3.63, 3.8) is 0 Å². The van der Waals surface area contributed by atoms with E-state index in [4.69, 9.17) is 0 Å². The quantitative estimate of drug-likeness (QED) is 0.886. The lowest BCUT2D eigenvalue weighted by Crippen LogP contribution is -2.39. The van der Waals surface area contributed by atoms with Crippen molar-refractivity contribution in [3.05, 3.63) is 47.0 Å². The van der Waals surface area contributed by atoms with E-state index in [1.165, 1.54) is 12.1 Å². The molecule has 1 fully saturated rings. The third kappa shape index (κ3) is 3.35. The standard InChI is InChI=1S/C18H24FN3O2S/c1-13-17(14(2)22(3)21-13)25(23,24)20-12-18(10-4-5-11-18)15-6-8-16(19)9-7-15/h6-9,20H,4-5,10-12H2,1-3H3. The number of aryl methyl sites for hydroxylation is 2. The number of rotatable bonds is 5. The molecule has 2 aromatic rings. The maximum atomic E-state index is 13.3. The van der Waals surface area contributed by atoms with Crippen molar-refractivity contribution in [2.45, 2.75) is 49.8 Å². The van der Waals surface area contributed by atoms with Crippen molar-refractivity contribution in [3.8, 4) is 0 Å². The van der Waals surface area contributed by atoms with Gasteiger partial charge in [0.2, 0.25) is 10.0 Å². The summed E-state index contributed by atoms with van der Waals surface area (Å²) < 4.78 is 43.3. The molecule has 7 heteroatoms. The lowest BCUT2D eigenvalue weighted by Gasteiger charge is -2.30. The molecule has 1 saturated carbocycles. The summed E-state index contributed by atoms with van der Waals surface area (Å²) in [6, 6.07) is 6.43. The average Bonchev–Trinajstić information content (AvgIpc) is 3.12. The highest BCUT2D eigenvalue weighted by Crippen LogP contribution is 2.41. The van der Waals surface area contributed by atoms with E-state index in [2.05, 4.69) is 9.82 Å². The van der Waals surface area contributed by atoms with Crippen molar-refractivity contribution in [2.24, 2.45) is 7.05 Å². The van der Waals surface area contributed by atoms with E-state index in [-0.39, 0.29) is 16.1 Å². The maximum absolute atomic E-state index is 13.3. The van der Waals surface area contributed by atoms with Gasteiger partial charge < -0.3 is 0 Å². The van der Waals surface area contributed by atoms with Gasteiger partial charge in [-0.3, -0.25) is 4.68 Å². The van der Waals surface area contributed by atoms with Crippen LogP contribution in [0.4, 0.5) is 4.39 Å². The molecule has 1 aliphatic rings. The van der Waals surface area contributed by atoms with Crippen LogP contribution in [0.25, 0.3) is 0 Å². The van der Waals surface area contributed by atoms with Gasteiger partial charge in [-0.2, -0.15) is 5.10 Å². The Balaban J connectivity index is 1.88. The lowest BCUT2D eigenvalue weighted by molar-refractivity contribution is 0.431. The van der Waals surface area contributed by atoms with Crippen LogP contribution in [0.3, 0.4) is 0 Å². The average molecular weight is 365 g/mol. The first-order chi connectivity index (χ1) is 11.8. The minimum atomic E-state index is -3.65. The van der Waals surface area contributed by atoms with Gasteiger partial charge in [0.25, 0.3) is 0 Å². The van der Waals surface area contributed by atoms with E-state index in [9.17, 15) is 12.8 Å². The predicted octanol–water partition coefficient (Wildman–Crippen LogP) is 2.97. The van der Waals surface area contributed by atoms with E-state index in [0.29, 0.717) is 17.9 Å². The number of sulfonamides is 1. The minimum absolute atomic E-state index is 0.252. The molecule has 3 rings (SSSR count). The van der Waals surface area contributed by atoms with Crippen molar-refractivity contribution in [2.75, 3.05) is 6.54 Å². The van der Waals surface area contributed by atoms with Crippen LogP contribution in [0, 0.1) is 19.7 Å². The summed E-state index contributed by atoms with van der Waals surface area (Å²) in [6.45, 7) is 3.77. The number of hydrogen-bond acceptors (Lipinski definition) is 3. The monoisotopic (exact) mass is 365 g/mol. The second-order valence-electron chi connectivity index (χ2n) is 6.94. The zero-order chi connectivity index (χ0) is 18.2. The summed E-state index contributed by atoms with van der Waals surface area (Å²) in [5.74, 6) is -0.279. The first-order valence-electron chi connectivity index (χ1n) is 8.51. The zero-order valence-electron chi connectivity index (χ0n) is 14.8. The molecule has 1 N–H and O–H groups in total. The molecule has 1 aromatic heterocycles. The number of nitrogens with zero attached hydrogens (tertiary/aromatic N) is 2. The SMILES string of the molecule is Cc1nn(C)c(C)c1S(=O)(=O)NCC1(c2ccc(F)cc2)CCCC1. The first-order valence-corrected chi connectivity index (χ1v) is 9.99. The van der Waals surface area contributed by atoms with Gasteiger partial charge >= 0.3 is 0 Å². The Morgan fingerprint density at radius 1 is 1.20 bits per heavy atom. The topological polar surface area (TPSA) is 64.0 Å². The fourth-order valence-electron chi connectivity index (χ4n) is 3.87. The molecule has 1 heterocycles. The molecule has 0 radical (unpaired) electrons. The molecular formula is C18H24FN3O2S. The van der Waals surface area contributed by atoms with Gasteiger partial charge in [-0.15, -0.1) is 0 Å². The number of benzene rings is 1. The van der Waals surface area contributed by atoms with E-state index in [0.717, 1.165) is 31.2 Å². The largest absolute Gasteiger partial charge is 0.271 e. The smallest absolute Gasteiger partial charge is 0.244 e. The second kappa shape index (κ2) is 6.53. The van der Waals surface area contributed by atoms with E-state index in [1.807, 2.05) is 0 Å². The fraction of sp³-hybridized carbons (Fsp3) is 0.500. The highest BCUT2D eigenvalue weighted by molar-refractivity contribution is 7.89. The highest BCUT2D eigenvalue weighted by atomic mass is 32.2. The molecular weight excluding hydrogens is 341 g/mol. The Bertz CT molecular complexity index is 866. The van der Waals surface area contributed by atoms with Gasteiger partial charge in [-0.1, -0.05) is 25.0 Å². The van der Waals surface area contributed by atoms with Crippen molar-refractivity contribution < 1.29 is 12.8 Å². The second-order valence-corrected chi connectivity index (χ2v) is 8.65. The highest BCUT2D eigenvalue weighted by Gasteiger charge is 2.37. The zero-order valence-corrected chi connectivity index (χ0v) is 15.7. The first kappa shape index (κ1) is 18.1. The molecule has 0 unspecified atom stereocenters. The molecule has 0 spiro atoms. The lowest BCUT2D eigenvalue weighted by atomic mass is 9.79. The number of hydrogen-bond donors (Lipinski definition) is 1. The molecule has 1 aromatic carbocycles. The molecule has 0 atom stereocenters. The van der Waals surface area contributed by atoms with Crippen molar-refractivity contribution >= 4 is 10.0 Å². The molecule has 0 bridgehead atoms. The van der Waals surface area contributed by atoms with Crippen LogP contribution in [-0.2, 0) is 22.5 Å². The summed E-state index contributed by atoms with van der Waals surface area (Å²) in [5, 5.41) is 4.20. The van der Waals surface area contributed by atoms with Gasteiger partial charge in [0, 0.05) is 19.0 Å². The fourth-order valence-corrected chi connectivity index (χ4v) is 5.43. The van der Waals surface area contributed by atoms with Gasteiger partial charge in [0.05, 0.1) is 11.4 Å². The Morgan fingerprint density at radius 3 is 2.32 bits per heavy atom. The van der Waals surface area contributed by atoms with Gasteiger partial charge in [-0.05, 0) is 44.4 Å². The van der Waals surface area contributed by atoms with Crippen molar-refractivity contribution in [1.29, 1.82) is 0 Å². The summed E-state index contributed by atoms with van der Waals surface area (Å²) in [4.78, 5) is 0.252. The van der Waals surface area contributed by atoms with E-state index in [1.54, 1.807) is 37.7 Å². The van der Waals surface area contributed by atoms with Crippen LogP contribution in [0.1, 0.15) is 42.6 Å². The third-order valence-corrected chi connectivity index (χ3v) is 6.98. The minimum Gasteiger partial charge on any atom is -0.271 e. The number of halogens is 1. The van der Waals surface area contributed by atoms with Gasteiger partial charge in [0.15, 0.2) is 0 Å². The molecule has 0 amide bonds. The van der Waals surface area contributed by atoms with Gasteiger partial charge in [-0.25, -0.2) is 17.5 Å². The molecule has 136 valence electrons. The summed E-state index contributed by atoms with van der Waals surface area (Å²) in [5.41, 5.74) is 1.83. The molecule has 0 saturated heterocycles. The van der Waals surface area contributed by atoms with E-state index < -0.39 is 10.0 Å². The Hall–Kier alpha value is -1.73. The molecule has 0 aliphatic heterocycles. The van der Waals surface area contributed by atoms with Crippen LogP contribution in [0.15, 0.2) is 29.2 Å². The molecule has 5 nitrogen and oxygen atoms in total. The van der Waals surface area contributed by atoms with Crippen LogP contribution >= 0.6 is 0 Å². The Labute approximate surface area is 148 Å². The molecule has 1 aliphatic carbocycles. The summed E-state index contributed by atoms with van der Waals surface area (Å²) >= 11 is 0. The van der Waals surface area contributed by atoms with Crippen LogP contribution in [0.5, 0.6) is 0 Å². The Morgan fingerprint density at radius 2 is 1.80 bits per heavy atom. The normalized spacial score (nSPS) is 17.1. The van der Waals surface area contributed by atoms with Crippen LogP contribution < -0.4 is 4.72 Å². The van der Waals surface area contributed by atoms with E-state index >= 15 is 0 Å². The predicted molar refractivity (Wildman–Crippen MR) is 94.4 cm³/mol. The number of nitrogens with one attached hydrogen (secondary N) is 1. The van der Waals surface area contributed by atoms with Crippen LogP contribution in [0.2, 0.25) is 0 Å². The molecule has 25 heavy (non-hydrogen) atoms. The summed E-state index contributed by atoms with van der Waals surface area (Å²) in [7, 11) is -1.92. The third-order valence-electron chi connectivity index (χ3n) is 5.33. The van der Waals surface area contributed by atoms with Crippen molar-refractivity contribution in [1.82, 2.24) is 14.5 Å². The Kier molecular flexibility index (Phi) is 4.72.